The van der Waals surface area contributed by atoms with Crippen LogP contribution in [0.15, 0.2) is 0 Å². The predicted octanol–water partition coefficient (Wildman–Crippen LogP) is 1.90. The third-order valence-electron chi connectivity index (χ3n) is 1.39. The van der Waals surface area contributed by atoms with E-state index in [1.165, 1.54) is 0 Å². The SMILES string of the molecule is COCc1nc(C)c(CN)s1.Cl.Cl. The van der Waals surface area contributed by atoms with Crippen molar-refractivity contribution in [1.29, 1.82) is 0 Å². The molecule has 0 radical (unpaired) electrons. The number of ether oxygens (including phenoxy) is 1. The van der Waals surface area contributed by atoms with E-state index in [4.69, 9.17) is 10.5 Å². The maximum Gasteiger partial charge on any atom is 0.119 e. The van der Waals surface area contributed by atoms with Crippen LogP contribution in [-0.4, -0.2) is 12.1 Å². The summed E-state index contributed by atoms with van der Waals surface area (Å²) in [7, 11) is 1.67. The normalized spacial score (nSPS) is 8.85. The first-order valence-electron chi connectivity index (χ1n) is 3.42. The summed E-state index contributed by atoms with van der Waals surface area (Å²) in [6.07, 6.45) is 0. The molecule has 0 spiro atoms. The topological polar surface area (TPSA) is 48.1 Å². The van der Waals surface area contributed by atoms with Crippen LogP contribution in [0.2, 0.25) is 0 Å². The minimum absolute atomic E-state index is 0. The van der Waals surface area contributed by atoms with Crippen LogP contribution in [-0.2, 0) is 17.9 Å². The minimum Gasteiger partial charge on any atom is -0.378 e. The minimum atomic E-state index is 0. The zero-order valence-corrected chi connectivity index (χ0v) is 10.0. The van der Waals surface area contributed by atoms with Crippen molar-refractivity contribution >= 4 is 36.2 Å². The number of rotatable bonds is 3. The maximum atomic E-state index is 5.49. The lowest BCUT2D eigenvalue weighted by atomic mass is 10.4. The number of hydrogen-bond acceptors (Lipinski definition) is 4. The first kappa shape index (κ1) is 15.6. The molecule has 0 aromatic carbocycles. The van der Waals surface area contributed by atoms with Crippen LogP contribution in [0.3, 0.4) is 0 Å². The summed E-state index contributed by atoms with van der Waals surface area (Å²) >= 11 is 1.62. The third-order valence-corrected chi connectivity index (χ3v) is 2.54. The average Bonchev–Trinajstić information content (AvgIpc) is 2.32. The fourth-order valence-electron chi connectivity index (χ4n) is 0.863. The second-order valence-corrected chi connectivity index (χ2v) is 3.42. The summed E-state index contributed by atoms with van der Waals surface area (Å²) in [4.78, 5) is 5.43. The Balaban J connectivity index is 0. The Bertz CT molecular complexity index is 242. The van der Waals surface area contributed by atoms with E-state index in [9.17, 15) is 0 Å². The molecule has 6 heteroatoms. The van der Waals surface area contributed by atoms with Crippen molar-refractivity contribution < 1.29 is 4.74 Å². The molecule has 0 aliphatic rings. The number of aryl methyl sites for hydroxylation is 1. The highest BCUT2D eigenvalue weighted by Gasteiger charge is 2.04. The van der Waals surface area contributed by atoms with E-state index in [1.807, 2.05) is 6.92 Å². The first-order valence-corrected chi connectivity index (χ1v) is 4.23. The summed E-state index contributed by atoms with van der Waals surface area (Å²) in [6, 6.07) is 0. The van der Waals surface area contributed by atoms with E-state index < -0.39 is 0 Å². The monoisotopic (exact) mass is 244 g/mol. The summed E-state index contributed by atoms with van der Waals surface area (Å²) in [5.74, 6) is 0. The Morgan fingerprint density at radius 1 is 1.46 bits per heavy atom. The predicted molar refractivity (Wildman–Crippen MR) is 60.0 cm³/mol. The molecule has 1 aromatic heterocycles. The quantitative estimate of drug-likeness (QED) is 0.884. The number of thiazole rings is 1. The van der Waals surface area contributed by atoms with Gasteiger partial charge in [-0.3, -0.25) is 0 Å². The third kappa shape index (κ3) is 4.24. The van der Waals surface area contributed by atoms with E-state index in [-0.39, 0.29) is 24.8 Å². The van der Waals surface area contributed by atoms with Gasteiger partial charge in [-0.15, -0.1) is 36.2 Å². The molecule has 13 heavy (non-hydrogen) atoms. The number of aromatic nitrogens is 1. The van der Waals surface area contributed by atoms with Crippen molar-refractivity contribution in [2.75, 3.05) is 7.11 Å². The first-order chi connectivity index (χ1) is 5.27. The zero-order valence-electron chi connectivity index (χ0n) is 7.57. The van der Waals surface area contributed by atoms with Crippen LogP contribution in [0.5, 0.6) is 0 Å². The van der Waals surface area contributed by atoms with Crippen molar-refractivity contribution in [1.82, 2.24) is 4.98 Å². The van der Waals surface area contributed by atoms with Gasteiger partial charge in [0, 0.05) is 18.5 Å². The van der Waals surface area contributed by atoms with E-state index in [0.29, 0.717) is 13.2 Å². The molecule has 0 fully saturated rings. The van der Waals surface area contributed by atoms with Crippen LogP contribution in [0.25, 0.3) is 0 Å². The Labute approximate surface area is 94.5 Å². The molecular formula is C7H14Cl2N2OS. The molecule has 0 aliphatic heterocycles. The molecule has 1 rings (SSSR count). The maximum absolute atomic E-state index is 5.49. The second-order valence-electron chi connectivity index (χ2n) is 2.25. The van der Waals surface area contributed by atoms with Gasteiger partial charge in [0.15, 0.2) is 0 Å². The highest BCUT2D eigenvalue weighted by molar-refractivity contribution is 7.11. The van der Waals surface area contributed by atoms with E-state index >= 15 is 0 Å². The van der Waals surface area contributed by atoms with Crippen molar-refractivity contribution in [2.45, 2.75) is 20.1 Å². The van der Waals surface area contributed by atoms with Gasteiger partial charge in [0.05, 0.1) is 12.3 Å². The number of hydrogen-bond donors (Lipinski definition) is 1. The highest BCUT2D eigenvalue weighted by Crippen LogP contribution is 2.17. The van der Waals surface area contributed by atoms with E-state index in [0.717, 1.165) is 15.6 Å². The second kappa shape index (κ2) is 7.53. The van der Waals surface area contributed by atoms with Crippen LogP contribution >= 0.6 is 36.2 Å². The molecule has 0 atom stereocenters. The van der Waals surface area contributed by atoms with E-state index in [2.05, 4.69) is 4.98 Å². The highest BCUT2D eigenvalue weighted by atomic mass is 35.5. The van der Waals surface area contributed by atoms with Crippen LogP contribution in [0, 0.1) is 6.92 Å². The van der Waals surface area contributed by atoms with Crippen molar-refractivity contribution in [3.8, 4) is 0 Å². The molecule has 0 saturated heterocycles. The molecule has 0 saturated carbocycles. The van der Waals surface area contributed by atoms with Gasteiger partial charge in [-0.1, -0.05) is 0 Å². The molecule has 1 aromatic rings. The fourth-order valence-corrected chi connectivity index (χ4v) is 1.78. The molecule has 78 valence electrons. The molecule has 0 bridgehead atoms. The number of nitrogens with two attached hydrogens (primary N) is 1. The molecule has 0 aliphatic carbocycles. The van der Waals surface area contributed by atoms with Gasteiger partial charge < -0.3 is 10.5 Å². The van der Waals surface area contributed by atoms with Crippen LogP contribution in [0.4, 0.5) is 0 Å². The molecular weight excluding hydrogens is 231 g/mol. The lowest BCUT2D eigenvalue weighted by molar-refractivity contribution is 0.184. The van der Waals surface area contributed by atoms with Gasteiger partial charge in [0.25, 0.3) is 0 Å². The number of halogens is 2. The molecule has 2 N–H and O–H groups in total. The van der Waals surface area contributed by atoms with Crippen molar-refractivity contribution in [3.05, 3.63) is 15.6 Å². The van der Waals surface area contributed by atoms with Gasteiger partial charge in [-0.2, -0.15) is 0 Å². The number of methoxy groups -OCH3 is 1. The van der Waals surface area contributed by atoms with Crippen LogP contribution < -0.4 is 5.73 Å². The fraction of sp³-hybridized carbons (Fsp3) is 0.571. The van der Waals surface area contributed by atoms with Gasteiger partial charge >= 0.3 is 0 Å². The molecule has 3 nitrogen and oxygen atoms in total. The van der Waals surface area contributed by atoms with Gasteiger partial charge in [-0.05, 0) is 6.92 Å². The van der Waals surface area contributed by atoms with Crippen molar-refractivity contribution in [2.24, 2.45) is 5.73 Å². The summed E-state index contributed by atoms with van der Waals surface area (Å²) in [5.41, 5.74) is 6.52. The molecule has 1 heterocycles. The summed E-state index contributed by atoms with van der Waals surface area (Å²) in [5, 5.41) is 1.01. The van der Waals surface area contributed by atoms with Crippen molar-refractivity contribution in [3.63, 3.8) is 0 Å². The smallest absolute Gasteiger partial charge is 0.119 e. The van der Waals surface area contributed by atoms with Gasteiger partial charge in [-0.25, -0.2) is 4.98 Å². The van der Waals surface area contributed by atoms with E-state index in [1.54, 1.807) is 18.4 Å². The molecule has 0 amide bonds. The van der Waals surface area contributed by atoms with Gasteiger partial charge in [0.2, 0.25) is 0 Å². The lowest BCUT2D eigenvalue weighted by Gasteiger charge is -1.88. The Morgan fingerprint density at radius 3 is 2.46 bits per heavy atom. The number of nitrogens with zero attached hydrogens (tertiary/aromatic N) is 1. The van der Waals surface area contributed by atoms with Gasteiger partial charge in [0.1, 0.15) is 5.01 Å². The lowest BCUT2D eigenvalue weighted by Crippen LogP contribution is -1.94. The Morgan fingerprint density at radius 2 is 2.08 bits per heavy atom. The Hall–Kier alpha value is 0.130. The average molecular weight is 245 g/mol. The zero-order chi connectivity index (χ0) is 8.27. The largest absolute Gasteiger partial charge is 0.378 e. The standard InChI is InChI=1S/C7H12N2OS.2ClH/c1-5-6(3-8)11-7(9-5)4-10-2;;/h3-4,8H2,1-2H3;2*1H. The summed E-state index contributed by atoms with van der Waals surface area (Å²) < 4.78 is 4.95. The molecule has 0 unspecified atom stereocenters. The Kier molecular flexibility index (Phi) is 9.03. The van der Waals surface area contributed by atoms with Crippen LogP contribution in [0.1, 0.15) is 15.6 Å². The summed E-state index contributed by atoms with van der Waals surface area (Å²) in [6.45, 7) is 3.14.